The molecule has 0 aliphatic heterocycles. The Balaban J connectivity index is 4.30. The number of ether oxygens (including phenoxy) is 1. The van der Waals surface area contributed by atoms with Gasteiger partial charge in [-0.2, -0.15) is 0 Å². The molecule has 0 fully saturated rings. The fourth-order valence-corrected chi connectivity index (χ4v) is 1.44. The van der Waals surface area contributed by atoms with Crippen molar-refractivity contribution in [2.24, 2.45) is 10.8 Å². The van der Waals surface area contributed by atoms with Crippen LogP contribution in [0.4, 0.5) is 0 Å². The minimum Gasteiger partial charge on any atom is -0.368 e. The van der Waals surface area contributed by atoms with Gasteiger partial charge >= 0.3 is 0 Å². The van der Waals surface area contributed by atoms with Crippen LogP contribution in [0.25, 0.3) is 0 Å². The molecule has 0 saturated heterocycles. The number of carbonyl (C=O) groups excluding carboxylic acids is 1. The largest absolute Gasteiger partial charge is 0.368 e. The molecule has 0 saturated carbocycles. The van der Waals surface area contributed by atoms with Crippen LogP contribution in [-0.2, 0) is 9.53 Å². The van der Waals surface area contributed by atoms with Crippen molar-refractivity contribution in [2.45, 2.75) is 73.8 Å². The normalized spacial score (nSPS) is 13.9. The first-order valence-corrected chi connectivity index (χ1v) is 6.61. The highest BCUT2D eigenvalue weighted by molar-refractivity contribution is 5.86. The van der Waals surface area contributed by atoms with E-state index in [2.05, 4.69) is 34.6 Å². The second-order valence-electron chi connectivity index (χ2n) is 7.02. The maximum atomic E-state index is 11.7. The van der Waals surface area contributed by atoms with E-state index in [9.17, 15) is 4.79 Å². The summed E-state index contributed by atoms with van der Waals surface area (Å²) < 4.78 is 5.76. The minimum atomic E-state index is -0.636. The van der Waals surface area contributed by atoms with Gasteiger partial charge in [-0.15, -0.1) is 0 Å². The van der Waals surface area contributed by atoms with Crippen LogP contribution < -0.4 is 0 Å². The molecule has 0 N–H and O–H groups in total. The van der Waals surface area contributed by atoms with E-state index in [-0.39, 0.29) is 16.6 Å². The standard InChI is InChI=1S/C15H30O2/c1-9-12(16)15(7,8)17-11-10-14(5,6)13(2,3)4/h9-11H2,1-8H3. The fourth-order valence-electron chi connectivity index (χ4n) is 1.44. The summed E-state index contributed by atoms with van der Waals surface area (Å²) in [6, 6.07) is 0. The molecule has 102 valence electrons. The summed E-state index contributed by atoms with van der Waals surface area (Å²) in [7, 11) is 0. The first-order chi connectivity index (χ1) is 7.44. The van der Waals surface area contributed by atoms with Crippen LogP contribution in [0.15, 0.2) is 0 Å². The van der Waals surface area contributed by atoms with Gasteiger partial charge in [0.15, 0.2) is 5.78 Å². The predicted molar refractivity (Wildman–Crippen MR) is 73.2 cm³/mol. The van der Waals surface area contributed by atoms with Gasteiger partial charge in [0.2, 0.25) is 0 Å². The maximum absolute atomic E-state index is 11.7. The molecule has 0 aromatic heterocycles. The quantitative estimate of drug-likeness (QED) is 0.697. The van der Waals surface area contributed by atoms with E-state index >= 15 is 0 Å². The molecule has 2 nitrogen and oxygen atoms in total. The number of hydrogen-bond donors (Lipinski definition) is 0. The molecule has 0 radical (unpaired) electrons. The van der Waals surface area contributed by atoms with E-state index in [4.69, 9.17) is 4.74 Å². The van der Waals surface area contributed by atoms with Crippen LogP contribution in [0.5, 0.6) is 0 Å². The Morgan fingerprint density at radius 1 is 1.00 bits per heavy atom. The molecule has 0 aliphatic carbocycles. The van der Waals surface area contributed by atoms with Crippen LogP contribution in [0.1, 0.15) is 68.2 Å². The molecule has 0 atom stereocenters. The van der Waals surface area contributed by atoms with E-state index in [1.165, 1.54) is 0 Å². The highest BCUT2D eigenvalue weighted by atomic mass is 16.5. The Bertz CT molecular complexity index is 257. The monoisotopic (exact) mass is 242 g/mol. The molecule has 0 bridgehead atoms. The average molecular weight is 242 g/mol. The summed E-state index contributed by atoms with van der Waals surface area (Å²) in [5.74, 6) is 0.172. The molecule has 0 amide bonds. The third kappa shape index (κ3) is 4.79. The molecular weight excluding hydrogens is 212 g/mol. The summed E-state index contributed by atoms with van der Waals surface area (Å²) in [5, 5.41) is 0. The number of carbonyl (C=O) groups is 1. The zero-order valence-corrected chi connectivity index (χ0v) is 12.9. The van der Waals surface area contributed by atoms with Gasteiger partial charge in [-0.3, -0.25) is 4.79 Å². The van der Waals surface area contributed by atoms with Gasteiger partial charge in [0.1, 0.15) is 5.60 Å². The molecule has 0 aromatic rings. The second kappa shape index (κ2) is 5.51. The van der Waals surface area contributed by atoms with Crippen LogP contribution in [0.3, 0.4) is 0 Å². The van der Waals surface area contributed by atoms with Crippen LogP contribution >= 0.6 is 0 Å². The fraction of sp³-hybridized carbons (Fsp3) is 0.933. The molecule has 0 aliphatic rings. The highest BCUT2D eigenvalue weighted by Gasteiger charge is 2.33. The molecule has 2 heteroatoms. The first kappa shape index (κ1) is 16.6. The van der Waals surface area contributed by atoms with Crippen molar-refractivity contribution in [1.82, 2.24) is 0 Å². The van der Waals surface area contributed by atoms with Gasteiger partial charge in [0, 0.05) is 13.0 Å². The Labute approximate surface area is 107 Å². The topological polar surface area (TPSA) is 26.3 Å². The van der Waals surface area contributed by atoms with Crippen molar-refractivity contribution in [1.29, 1.82) is 0 Å². The summed E-state index contributed by atoms with van der Waals surface area (Å²) in [4.78, 5) is 11.7. The molecule has 0 heterocycles. The van der Waals surface area contributed by atoms with E-state index in [1.807, 2.05) is 20.8 Å². The molecule has 0 unspecified atom stereocenters. The van der Waals surface area contributed by atoms with Crippen LogP contribution in [0, 0.1) is 10.8 Å². The van der Waals surface area contributed by atoms with E-state index in [0.29, 0.717) is 13.0 Å². The molecule has 0 aromatic carbocycles. The molecule has 0 rings (SSSR count). The molecule has 0 spiro atoms. The number of ketones is 1. The summed E-state index contributed by atoms with van der Waals surface area (Å²) in [5.41, 5.74) is -0.184. The first-order valence-electron chi connectivity index (χ1n) is 6.61. The van der Waals surface area contributed by atoms with Gasteiger partial charge in [0.25, 0.3) is 0 Å². The average Bonchev–Trinajstić information content (AvgIpc) is 2.13. The predicted octanol–water partition coefficient (Wildman–Crippen LogP) is 4.22. The van der Waals surface area contributed by atoms with Crippen molar-refractivity contribution in [2.75, 3.05) is 6.61 Å². The Kier molecular flexibility index (Phi) is 5.39. The van der Waals surface area contributed by atoms with Gasteiger partial charge in [-0.1, -0.05) is 41.5 Å². The molecular formula is C15H30O2. The number of rotatable bonds is 6. The van der Waals surface area contributed by atoms with E-state index in [1.54, 1.807) is 0 Å². The zero-order valence-electron chi connectivity index (χ0n) is 12.9. The summed E-state index contributed by atoms with van der Waals surface area (Å²) >= 11 is 0. The maximum Gasteiger partial charge on any atom is 0.163 e. The SMILES string of the molecule is CCC(=O)C(C)(C)OCCC(C)(C)C(C)(C)C. The number of Topliss-reactive ketones (excluding diaryl/α,β-unsaturated/α-hetero) is 1. The van der Waals surface area contributed by atoms with Gasteiger partial charge in [-0.25, -0.2) is 0 Å². The highest BCUT2D eigenvalue weighted by Crippen LogP contribution is 2.40. The van der Waals surface area contributed by atoms with Crippen molar-refractivity contribution >= 4 is 5.78 Å². The third-order valence-electron chi connectivity index (χ3n) is 4.21. The van der Waals surface area contributed by atoms with E-state index in [0.717, 1.165) is 6.42 Å². The molecule has 17 heavy (non-hydrogen) atoms. The van der Waals surface area contributed by atoms with Crippen LogP contribution in [0.2, 0.25) is 0 Å². The smallest absolute Gasteiger partial charge is 0.163 e. The van der Waals surface area contributed by atoms with E-state index < -0.39 is 5.60 Å². The summed E-state index contributed by atoms with van der Waals surface area (Å²) in [6.07, 6.45) is 1.51. The second-order valence-corrected chi connectivity index (χ2v) is 7.02. The zero-order chi connectivity index (χ0) is 13.9. The van der Waals surface area contributed by atoms with Crippen molar-refractivity contribution in [3.05, 3.63) is 0 Å². The van der Waals surface area contributed by atoms with Crippen molar-refractivity contribution < 1.29 is 9.53 Å². The van der Waals surface area contributed by atoms with Gasteiger partial charge in [0.05, 0.1) is 0 Å². The third-order valence-corrected chi connectivity index (χ3v) is 4.21. The minimum absolute atomic E-state index is 0.172. The Morgan fingerprint density at radius 2 is 1.47 bits per heavy atom. The summed E-state index contributed by atoms with van der Waals surface area (Å²) in [6.45, 7) is 17.5. The lowest BCUT2D eigenvalue weighted by Gasteiger charge is -2.39. The van der Waals surface area contributed by atoms with Crippen molar-refractivity contribution in [3.8, 4) is 0 Å². The lowest BCUT2D eigenvalue weighted by Crippen LogP contribution is -2.37. The van der Waals surface area contributed by atoms with Crippen LogP contribution in [-0.4, -0.2) is 18.0 Å². The Hall–Kier alpha value is -0.370. The lowest BCUT2D eigenvalue weighted by molar-refractivity contribution is -0.141. The lowest BCUT2D eigenvalue weighted by atomic mass is 9.67. The van der Waals surface area contributed by atoms with Gasteiger partial charge < -0.3 is 4.74 Å². The van der Waals surface area contributed by atoms with Crippen molar-refractivity contribution in [3.63, 3.8) is 0 Å². The Morgan fingerprint density at radius 3 is 1.82 bits per heavy atom. The van der Waals surface area contributed by atoms with Gasteiger partial charge in [-0.05, 0) is 31.1 Å². The number of hydrogen-bond acceptors (Lipinski definition) is 2.